The first-order chi connectivity index (χ1) is 4.79. The third-order valence-electron chi connectivity index (χ3n) is 2.65. The molecule has 2 saturated heterocycles. The van der Waals surface area contributed by atoms with Crippen LogP contribution in [0.15, 0.2) is 0 Å². The molecule has 2 N–H and O–H groups in total. The number of nitrogens with one attached hydrogen (secondary N) is 1. The Morgan fingerprint density at radius 2 is 2.40 bits per heavy atom. The van der Waals surface area contributed by atoms with Crippen LogP contribution >= 0.6 is 0 Å². The summed E-state index contributed by atoms with van der Waals surface area (Å²) in [5, 5.41) is 12.8. The van der Waals surface area contributed by atoms with Crippen molar-refractivity contribution in [2.45, 2.75) is 31.7 Å². The Labute approximate surface area is 61.0 Å². The lowest BCUT2D eigenvalue weighted by Gasteiger charge is -2.50. The average molecular weight is 142 g/mol. The number of piperazine rings is 1. The van der Waals surface area contributed by atoms with Crippen molar-refractivity contribution in [2.24, 2.45) is 0 Å². The van der Waals surface area contributed by atoms with Crippen molar-refractivity contribution >= 4 is 0 Å². The molecule has 0 aliphatic carbocycles. The van der Waals surface area contributed by atoms with E-state index < -0.39 is 0 Å². The van der Waals surface area contributed by atoms with Crippen molar-refractivity contribution in [3.63, 3.8) is 0 Å². The molecule has 0 radical (unpaired) electrons. The predicted molar refractivity (Wildman–Crippen MR) is 38.6 cm³/mol. The second-order valence-corrected chi connectivity index (χ2v) is 3.29. The van der Waals surface area contributed by atoms with Gasteiger partial charge in [0.15, 0.2) is 0 Å². The van der Waals surface area contributed by atoms with Crippen molar-refractivity contribution < 1.29 is 5.11 Å². The van der Waals surface area contributed by atoms with Gasteiger partial charge in [-0.2, -0.15) is 0 Å². The lowest BCUT2D eigenvalue weighted by molar-refractivity contribution is -0.114. The summed E-state index contributed by atoms with van der Waals surface area (Å²) in [5.74, 6) is 0. The minimum atomic E-state index is -0.243. The topological polar surface area (TPSA) is 35.5 Å². The van der Waals surface area contributed by atoms with E-state index in [1.54, 1.807) is 0 Å². The van der Waals surface area contributed by atoms with E-state index in [2.05, 4.69) is 10.2 Å². The van der Waals surface area contributed by atoms with Crippen LogP contribution in [0.3, 0.4) is 0 Å². The van der Waals surface area contributed by atoms with Crippen molar-refractivity contribution in [1.29, 1.82) is 0 Å². The minimum Gasteiger partial charge on any atom is -0.377 e. The second kappa shape index (κ2) is 2.19. The fraction of sp³-hybridized carbons (Fsp3) is 1.00. The van der Waals surface area contributed by atoms with E-state index in [0.717, 1.165) is 13.1 Å². The van der Waals surface area contributed by atoms with Gasteiger partial charge in [0.2, 0.25) is 0 Å². The van der Waals surface area contributed by atoms with E-state index in [4.69, 9.17) is 0 Å². The molecule has 2 aliphatic rings. The molecule has 3 heteroatoms. The van der Waals surface area contributed by atoms with Crippen LogP contribution in [-0.2, 0) is 0 Å². The second-order valence-electron chi connectivity index (χ2n) is 3.29. The maximum absolute atomic E-state index is 9.53. The summed E-state index contributed by atoms with van der Waals surface area (Å²) in [7, 11) is 0. The molecule has 0 saturated carbocycles. The number of aliphatic hydroxyl groups excluding tert-OH is 1. The van der Waals surface area contributed by atoms with Crippen LogP contribution < -0.4 is 5.32 Å². The van der Waals surface area contributed by atoms with Gasteiger partial charge in [-0.3, -0.25) is 4.90 Å². The molecule has 3 unspecified atom stereocenters. The Morgan fingerprint density at radius 1 is 1.60 bits per heavy atom. The number of hydrogen-bond donors (Lipinski definition) is 2. The van der Waals surface area contributed by atoms with Crippen molar-refractivity contribution in [3.8, 4) is 0 Å². The van der Waals surface area contributed by atoms with Gasteiger partial charge < -0.3 is 10.4 Å². The van der Waals surface area contributed by atoms with Crippen LogP contribution in [-0.4, -0.2) is 41.4 Å². The summed E-state index contributed by atoms with van der Waals surface area (Å²) in [5.41, 5.74) is 0. The van der Waals surface area contributed by atoms with Crippen LogP contribution in [0.1, 0.15) is 13.3 Å². The van der Waals surface area contributed by atoms with E-state index in [9.17, 15) is 5.11 Å². The summed E-state index contributed by atoms with van der Waals surface area (Å²) in [6, 6.07) is 0.864. The first-order valence-electron chi connectivity index (χ1n) is 3.96. The van der Waals surface area contributed by atoms with Gasteiger partial charge in [-0.1, -0.05) is 0 Å². The van der Waals surface area contributed by atoms with Gasteiger partial charge in [0.25, 0.3) is 0 Å². The van der Waals surface area contributed by atoms with Crippen LogP contribution in [0.5, 0.6) is 0 Å². The lowest BCUT2D eigenvalue weighted by Crippen LogP contribution is -2.67. The zero-order valence-corrected chi connectivity index (χ0v) is 6.25. The highest BCUT2D eigenvalue weighted by molar-refractivity contribution is 4.93. The molecule has 2 fully saturated rings. The molecule has 0 aromatic rings. The first kappa shape index (κ1) is 6.58. The summed E-state index contributed by atoms with van der Waals surface area (Å²) in [4.78, 5) is 2.17. The molecule has 0 aromatic carbocycles. The highest BCUT2D eigenvalue weighted by Crippen LogP contribution is 2.23. The van der Waals surface area contributed by atoms with Gasteiger partial charge in [-0.15, -0.1) is 0 Å². The number of aliphatic hydroxyl groups is 1. The fourth-order valence-corrected chi connectivity index (χ4v) is 1.74. The van der Waals surface area contributed by atoms with Gasteiger partial charge >= 0.3 is 0 Å². The molecule has 0 amide bonds. The highest BCUT2D eigenvalue weighted by atomic mass is 16.3. The normalized spacial score (nSPS) is 48.0. The molecule has 3 nitrogen and oxygen atoms in total. The van der Waals surface area contributed by atoms with Gasteiger partial charge in [0, 0.05) is 25.2 Å². The molecular weight excluding hydrogens is 128 g/mol. The molecule has 3 atom stereocenters. The smallest absolute Gasteiger partial charge is 0.122 e. The molecule has 58 valence electrons. The number of nitrogens with zero attached hydrogens (tertiary/aromatic N) is 1. The molecule has 0 spiro atoms. The zero-order valence-electron chi connectivity index (χ0n) is 6.25. The zero-order chi connectivity index (χ0) is 7.14. The Bertz CT molecular complexity index is 134. The highest BCUT2D eigenvalue weighted by Gasteiger charge is 2.38. The SMILES string of the molecule is CC1NCC2CCN2C1O. The monoisotopic (exact) mass is 142 g/mol. The summed E-state index contributed by atoms with van der Waals surface area (Å²) in [6.45, 7) is 4.16. The van der Waals surface area contributed by atoms with E-state index in [1.165, 1.54) is 6.42 Å². The van der Waals surface area contributed by atoms with Gasteiger partial charge in [0.05, 0.1) is 0 Å². The number of hydrogen-bond acceptors (Lipinski definition) is 3. The van der Waals surface area contributed by atoms with E-state index in [0.29, 0.717) is 6.04 Å². The minimum absolute atomic E-state index is 0.243. The molecular formula is C7H14N2O. The van der Waals surface area contributed by atoms with Crippen molar-refractivity contribution in [1.82, 2.24) is 10.2 Å². The van der Waals surface area contributed by atoms with Crippen LogP contribution in [0, 0.1) is 0 Å². The summed E-state index contributed by atoms with van der Waals surface area (Å²) in [6.07, 6.45) is 1.00. The van der Waals surface area contributed by atoms with Crippen LogP contribution in [0.2, 0.25) is 0 Å². The Balaban J connectivity index is 2.01. The van der Waals surface area contributed by atoms with E-state index >= 15 is 0 Å². The van der Waals surface area contributed by atoms with Gasteiger partial charge in [-0.25, -0.2) is 0 Å². The van der Waals surface area contributed by atoms with E-state index in [-0.39, 0.29) is 12.3 Å². The molecule has 2 aliphatic heterocycles. The van der Waals surface area contributed by atoms with Gasteiger partial charge in [0.1, 0.15) is 6.23 Å². The van der Waals surface area contributed by atoms with Crippen molar-refractivity contribution in [2.75, 3.05) is 13.1 Å². The molecule has 0 bridgehead atoms. The first-order valence-corrected chi connectivity index (χ1v) is 3.96. The molecule has 2 rings (SSSR count). The molecule has 2 heterocycles. The average Bonchev–Trinajstić information content (AvgIpc) is 1.82. The lowest BCUT2D eigenvalue weighted by atomic mass is 9.97. The standard InChI is InChI=1S/C7H14N2O/c1-5-7(10)9-3-2-6(9)4-8-5/h5-8,10H,2-4H2,1H3. The quantitative estimate of drug-likeness (QED) is 0.473. The largest absolute Gasteiger partial charge is 0.377 e. The number of rotatable bonds is 0. The predicted octanol–water partition coefficient (Wildman–Crippen LogP) is -0.629. The Kier molecular flexibility index (Phi) is 1.44. The third kappa shape index (κ3) is 0.779. The Morgan fingerprint density at radius 3 is 2.90 bits per heavy atom. The van der Waals surface area contributed by atoms with Crippen molar-refractivity contribution in [3.05, 3.63) is 0 Å². The Hall–Kier alpha value is -0.120. The number of fused-ring (bicyclic) bond motifs is 1. The maximum Gasteiger partial charge on any atom is 0.122 e. The maximum atomic E-state index is 9.53. The molecule has 10 heavy (non-hydrogen) atoms. The fourth-order valence-electron chi connectivity index (χ4n) is 1.74. The van der Waals surface area contributed by atoms with E-state index in [1.807, 2.05) is 6.92 Å². The van der Waals surface area contributed by atoms with Crippen LogP contribution in [0.25, 0.3) is 0 Å². The summed E-state index contributed by atoms with van der Waals surface area (Å²) >= 11 is 0. The van der Waals surface area contributed by atoms with Gasteiger partial charge in [-0.05, 0) is 13.3 Å². The molecule has 0 aromatic heterocycles. The van der Waals surface area contributed by atoms with Crippen LogP contribution in [0.4, 0.5) is 0 Å². The summed E-state index contributed by atoms with van der Waals surface area (Å²) < 4.78 is 0. The third-order valence-corrected chi connectivity index (χ3v) is 2.65.